The number of aromatic nitrogens is 4. The van der Waals surface area contributed by atoms with Gasteiger partial charge in [0.25, 0.3) is 0 Å². The Labute approximate surface area is 184 Å². The Bertz CT molecular complexity index is 1350. The highest BCUT2D eigenvalue weighted by Gasteiger charge is 2.17. The largest absolute Gasteiger partial charge is 0.506 e. The SMILES string of the molecule is Cc1ccc2c(c1)CCNC2.Cc1ncc2c(N)n(-c3c(O)cccc3O)c(=O)nc2n1. The lowest BCUT2D eigenvalue weighted by Gasteiger charge is -2.16. The van der Waals surface area contributed by atoms with Crippen LogP contribution in [0.1, 0.15) is 22.5 Å². The zero-order chi connectivity index (χ0) is 22.8. The molecular formula is C23H24N6O3. The van der Waals surface area contributed by atoms with E-state index in [2.05, 4.69) is 45.4 Å². The molecule has 1 aliphatic rings. The van der Waals surface area contributed by atoms with E-state index >= 15 is 0 Å². The molecule has 0 amide bonds. The molecule has 0 atom stereocenters. The van der Waals surface area contributed by atoms with Gasteiger partial charge in [-0.2, -0.15) is 4.98 Å². The maximum Gasteiger partial charge on any atom is 0.356 e. The summed E-state index contributed by atoms with van der Waals surface area (Å²) in [6.07, 6.45) is 2.63. The third kappa shape index (κ3) is 4.10. The lowest BCUT2D eigenvalue weighted by Crippen LogP contribution is -2.25. The molecule has 0 radical (unpaired) electrons. The third-order valence-electron chi connectivity index (χ3n) is 5.26. The van der Waals surface area contributed by atoms with Gasteiger partial charge in [-0.3, -0.25) is 0 Å². The van der Waals surface area contributed by atoms with Crippen LogP contribution in [0.3, 0.4) is 0 Å². The molecule has 0 spiro atoms. The first kappa shape index (κ1) is 21.3. The summed E-state index contributed by atoms with van der Waals surface area (Å²) in [5.74, 6) is -0.144. The number of hydrogen-bond donors (Lipinski definition) is 4. The van der Waals surface area contributed by atoms with Crippen LogP contribution in [0.2, 0.25) is 0 Å². The molecule has 9 nitrogen and oxygen atoms in total. The molecule has 164 valence electrons. The lowest BCUT2D eigenvalue weighted by molar-refractivity contribution is 0.445. The van der Waals surface area contributed by atoms with Crippen LogP contribution in [-0.4, -0.2) is 36.3 Å². The first-order chi connectivity index (χ1) is 15.3. The van der Waals surface area contributed by atoms with Gasteiger partial charge in [-0.1, -0.05) is 29.8 Å². The summed E-state index contributed by atoms with van der Waals surface area (Å²) in [6.45, 7) is 6.01. The second-order valence-electron chi connectivity index (χ2n) is 7.61. The van der Waals surface area contributed by atoms with Crippen molar-refractivity contribution in [2.75, 3.05) is 12.3 Å². The number of phenols is 2. The summed E-state index contributed by atoms with van der Waals surface area (Å²) < 4.78 is 0.922. The molecule has 0 saturated carbocycles. The van der Waals surface area contributed by atoms with Gasteiger partial charge < -0.3 is 21.3 Å². The maximum atomic E-state index is 12.2. The van der Waals surface area contributed by atoms with Crippen molar-refractivity contribution >= 4 is 16.9 Å². The first-order valence-corrected chi connectivity index (χ1v) is 10.2. The number of para-hydroxylation sites is 1. The van der Waals surface area contributed by atoms with E-state index < -0.39 is 5.69 Å². The number of nitrogens with two attached hydrogens (primary N) is 1. The van der Waals surface area contributed by atoms with Crippen molar-refractivity contribution in [3.05, 3.63) is 75.6 Å². The van der Waals surface area contributed by atoms with Crippen LogP contribution in [-0.2, 0) is 13.0 Å². The Morgan fingerprint density at radius 1 is 1.06 bits per heavy atom. The number of aryl methyl sites for hydroxylation is 2. The summed E-state index contributed by atoms with van der Waals surface area (Å²) in [5.41, 5.74) is 9.62. The van der Waals surface area contributed by atoms with Gasteiger partial charge in [-0.05, 0) is 50.1 Å². The average Bonchev–Trinajstić information content (AvgIpc) is 2.76. The van der Waals surface area contributed by atoms with Gasteiger partial charge in [-0.15, -0.1) is 0 Å². The molecule has 5 rings (SSSR count). The van der Waals surface area contributed by atoms with Crippen LogP contribution >= 0.6 is 0 Å². The minimum absolute atomic E-state index is 0.0122. The Kier molecular flexibility index (Phi) is 5.74. The predicted molar refractivity (Wildman–Crippen MR) is 122 cm³/mol. The highest BCUT2D eigenvalue weighted by Crippen LogP contribution is 2.32. The number of aromatic hydroxyl groups is 2. The van der Waals surface area contributed by atoms with Crippen molar-refractivity contribution in [1.82, 2.24) is 24.8 Å². The van der Waals surface area contributed by atoms with Crippen molar-refractivity contribution in [3.8, 4) is 17.2 Å². The number of rotatable bonds is 1. The van der Waals surface area contributed by atoms with E-state index in [1.54, 1.807) is 6.92 Å². The number of hydrogen-bond acceptors (Lipinski definition) is 8. The van der Waals surface area contributed by atoms with Crippen LogP contribution in [0.4, 0.5) is 5.82 Å². The fourth-order valence-corrected chi connectivity index (χ4v) is 3.66. The van der Waals surface area contributed by atoms with Crippen LogP contribution < -0.4 is 16.7 Å². The number of anilines is 1. The molecule has 0 unspecified atom stereocenters. The monoisotopic (exact) mass is 432 g/mol. The van der Waals surface area contributed by atoms with Gasteiger partial charge in [0.1, 0.15) is 28.8 Å². The molecule has 1 aliphatic heterocycles. The minimum Gasteiger partial charge on any atom is -0.506 e. The summed E-state index contributed by atoms with van der Waals surface area (Å²) >= 11 is 0. The molecule has 2 aromatic heterocycles. The Hall–Kier alpha value is -3.98. The molecule has 0 saturated heterocycles. The van der Waals surface area contributed by atoms with E-state index in [1.165, 1.54) is 47.5 Å². The standard InChI is InChI=1S/C13H11N5O3.C10H13N/c1-6-15-5-7-11(14)18(13(21)17-12(7)16-6)10-8(19)3-2-4-9(10)20;1-8-2-3-10-7-11-5-4-9(10)6-8/h2-5,19-20H,14H2,1H3;2-3,6,11H,4-5,7H2,1H3. The second kappa shape index (κ2) is 8.64. The maximum absolute atomic E-state index is 12.2. The summed E-state index contributed by atoms with van der Waals surface area (Å²) in [4.78, 5) is 24.0. The number of fused-ring (bicyclic) bond motifs is 2. The molecule has 4 aromatic rings. The molecule has 9 heteroatoms. The van der Waals surface area contributed by atoms with Crippen molar-refractivity contribution in [1.29, 1.82) is 0 Å². The van der Waals surface area contributed by atoms with E-state index in [0.29, 0.717) is 11.2 Å². The number of nitrogens with zero attached hydrogens (tertiary/aromatic N) is 4. The Morgan fingerprint density at radius 3 is 2.56 bits per heavy atom. The molecule has 0 fully saturated rings. The Balaban J connectivity index is 0.000000186. The minimum atomic E-state index is -0.755. The van der Waals surface area contributed by atoms with Crippen molar-refractivity contribution in [3.63, 3.8) is 0 Å². The van der Waals surface area contributed by atoms with Gasteiger partial charge in [-0.25, -0.2) is 19.3 Å². The van der Waals surface area contributed by atoms with Crippen molar-refractivity contribution in [2.24, 2.45) is 0 Å². The van der Waals surface area contributed by atoms with E-state index in [0.717, 1.165) is 17.7 Å². The molecule has 3 heterocycles. The first-order valence-electron chi connectivity index (χ1n) is 10.2. The molecule has 32 heavy (non-hydrogen) atoms. The zero-order valence-corrected chi connectivity index (χ0v) is 17.8. The normalized spacial score (nSPS) is 12.7. The van der Waals surface area contributed by atoms with Crippen LogP contribution in [0.25, 0.3) is 16.7 Å². The summed E-state index contributed by atoms with van der Waals surface area (Å²) in [7, 11) is 0. The van der Waals surface area contributed by atoms with E-state index in [1.807, 2.05) is 0 Å². The Morgan fingerprint density at radius 2 is 1.81 bits per heavy atom. The van der Waals surface area contributed by atoms with Crippen LogP contribution in [0, 0.1) is 13.8 Å². The number of benzene rings is 2. The summed E-state index contributed by atoms with van der Waals surface area (Å²) in [5, 5.41) is 23.5. The van der Waals surface area contributed by atoms with Crippen LogP contribution in [0.5, 0.6) is 11.5 Å². The van der Waals surface area contributed by atoms with Gasteiger partial charge in [0, 0.05) is 12.7 Å². The third-order valence-corrected chi connectivity index (χ3v) is 5.26. The van der Waals surface area contributed by atoms with Crippen molar-refractivity contribution < 1.29 is 10.2 Å². The van der Waals surface area contributed by atoms with Crippen LogP contribution in [0.15, 0.2) is 47.4 Å². The molecule has 2 aromatic carbocycles. The van der Waals surface area contributed by atoms with Gasteiger partial charge in [0.2, 0.25) is 0 Å². The molecular weight excluding hydrogens is 408 g/mol. The average molecular weight is 432 g/mol. The van der Waals surface area contributed by atoms with E-state index in [-0.39, 0.29) is 28.7 Å². The highest BCUT2D eigenvalue weighted by atomic mass is 16.3. The highest BCUT2D eigenvalue weighted by molar-refractivity contribution is 5.85. The molecule has 5 N–H and O–H groups in total. The number of phenolic OH excluding ortho intramolecular Hbond substituents is 2. The van der Waals surface area contributed by atoms with Crippen molar-refractivity contribution in [2.45, 2.75) is 26.8 Å². The van der Waals surface area contributed by atoms with E-state index in [4.69, 9.17) is 5.73 Å². The smallest absolute Gasteiger partial charge is 0.356 e. The summed E-state index contributed by atoms with van der Waals surface area (Å²) in [6, 6.07) is 10.8. The fourth-order valence-electron chi connectivity index (χ4n) is 3.66. The topological polar surface area (TPSA) is 139 Å². The number of nitrogens with one attached hydrogen (secondary N) is 1. The fraction of sp³-hybridized carbons (Fsp3) is 0.217. The lowest BCUT2D eigenvalue weighted by atomic mass is 9.99. The van der Waals surface area contributed by atoms with Gasteiger partial charge >= 0.3 is 5.69 Å². The quantitative estimate of drug-likeness (QED) is 0.359. The molecule has 0 bridgehead atoms. The predicted octanol–water partition coefficient (Wildman–Crippen LogP) is 2.12. The van der Waals surface area contributed by atoms with E-state index in [9.17, 15) is 15.0 Å². The van der Waals surface area contributed by atoms with Gasteiger partial charge in [0.05, 0.1) is 5.39 Å². The molecule has 0 aliphatic carbocycles. The number of nitrogen functional groups attached to an aromatic ring is 1. The second-order valence-corrected chi connectivity index (χ2v) is 7.61. The van der Waals surface area contributed by atoms with Gasteiger partial charge in [0.15, 0.2) is 5.65 Å². The zero-order valence-electron chi connectivity index (χ0n) is 17.8.